The van der Waals surface area contributed by atoms with E-state index in [4.69, 9.17) is 10.1 Å². The van der Waals surface area contributed by atoms with Gasteiger partial charge in [-0.25, -0.2) is 4.98 Å². The van der Waals surface area contributed by atoms with Crippen LogP contribution in [0.15, 0.2) is 30.3 Å². The van der Waals surface area contributed by atoms with Crippen molar-refractivity contribution in [2.24, 2.45) is 0 Å². The number of carboxylic acid groups (broad SMARTS) is 1. The second-order valence-electron chi connectivity index (χ2n) is 6.39. The smallest absolute Gasteiger partial charge is 0.303 e. The second kappa shape index (κ2) is 8.11. The number of para-hydroxylation sites is 1. The molecule has 1 aliphatic rings. The molecule has 1 aliphatic heterocycles. The Morgan fingerprint density at radius 1 is 1.21 bits per heavy atom. The maximum atomic E-state index is 10.6. The molecule has 24 heavy (non-hydrogen) atoms. The van der Waals surface area contributed by atoms with Gasteiger partial charge in [-0.3, -0.25) is 4.79 Å². The molecule has 1 aromatic carbocycles. The molecule has 2 heterocycles. The first-order chi connectivity index (χ1) is 11.7. The van der Waals surface area contributed by atoms with Gasteiger partial charge < -0.3 is 15.3 Å². The average Bonchev–Trinajstić information content (AvgIpc) is 2.61. The number of nitrogens with zero attached hydrogens (tertiary/aromatic N) is 2. The summed E-state index contributed by atoms with van der Waals surface area (Å²) in [6.45, 7) is 3.57. The van der Waals surface area contributed by atoms with Crippen LogP contribution >= 0.6 is 0 Å². The van der Waals surface area contributed by atoms with Gasteiger partial charge in [0.1, 0.15) is 5.82 Å². The molecule has 0 amide bonds. The Labute approximate surface area is 142 Å². The molecule has 0 saturated carbocycles. The molecular formula is C19H25N3O2. The molecule has 0 aliphatic carbocycles. The van der Waals surface area contributed by atoms with Gasteiger partial charge in [-0.15, -0.1) is 0 Å². The van der Waals surface area contributed by atoms with E-state index in [9.17, 15) is 4.79 Å². The monoisotopic (exact) mass is 327 g/mol. The lowest BCUT2D eigenvalue weighted by Crippen LogP contribution is -2.31. The molecular weight excluding hydrogens is 302 g/mol. The number of piperidine rings is 1. The van der Waals surface area contributed by atoms with Crippen molar-refractivity contribution in [3.05, 3.63) is 35.9 Å². The standard InChI is InChI=1S/C19H25N3O2/c23-18(24)9-6-10-20-14-16-13-15-7-2-3-8-17(15)21-19(16)22-11-4-1-5-12-22/h2-3,7-8,13,20H,1,4-6,9-12,14H2,(H,23,24). The number of carboxylic acids is 1. The van der Waals surface area contributed by atoms with Crippen molar-refractivity contribution in [2.45, 2.75) is 38.6 Å². The summed E-state index contributed by atoms with van der Waals surface area (Å²) in [5.41, 5.74) is 2.23. The molecule has 0 radical (unpaired) electrons. The molecule has 1 aromatic heterocycles. The fraction of sp³-hybridized carbons (Fsp3) is 0.474. The number of rotatable bonds is 7. The van der Waals surface area contributed by atoms with Crippen molar-refractivity contribution in [1.82, 2.24) is 10.3 Å². The lowest BCUT2D eigenvalue weighted by molar-refractivity contribution is -0.137. The highest BCUT2D eigenvalue weighted by atomic mass is 16.4. The third kappa shape index (κ3) is 4.23. The van der Waals surface area contributed by atoms with Crippen molar-refractivity contribution in [2.75, 3.05) is 24.5 Å². The molecule has 128 valence electrons. The Morgan fingerprint density at radius 2 is 2.00 bits per heavy atom. The maximum absolute atomic E-state index is 10.6. The van der Waals surface area contributed by atoms with E-state index in [0.29, 0.717) is 13.0 Å². The van der Waals surface area contributed by atoms with Gasteiger partial charge in [0.15, 0.2) is 0 Å². The van der Waals surface area contributed by atoms with Crippen LogP contribution < -0.4 is 10.2 Å². The normalized spacial score (nSPS) is 14.9. The topological polar surface area (TPSA) is 65.5 Å². The number of hydrogen-bond donors (Lipinski definition) is 2. The van der Waals surface area contributed by atoms with Gasteiger partial charge in [0, 0.05) is 37.0 Å². The first-order valence-corrected chi connectivity index (χ1v) is 8.80. The molecule has 0 atom stereocenters. The van der Waals surface area contributed by atoms with Crippen molar-refractivity contribution >= 4 is 22.7 Å². The number of anilines is 1. The highest BCUT2D eigenvalue weighted by molar-refractivity contribution is 5.81. The van der Waals surface area contributed by atoms with Crippen LogP contribution in [0.1, 0.15) is 37.7 Å². The van der Waals surface area contributed by atoms with E-state index in [1.54, 1.807) is 0 Å². The zero-order chi connectivity index (χ0) is 16.8. The van der Waals surface area contributed by atoms with Crippen LogP contribution in [0.25, 0.3) is 10.9 Å². The van der Waals surface area contributed by atoms with Crippen molar-refractivity contribution in [1.29, 1.82) is 0 Å². The highest BCUT2D eigenvalue weighted by Gasteiger charge is 2.16. The lowest BCUT2D eigenvalue weighted by atomic mass is 10.1. The Morgan fingerprint density at radius 3 is 2.79 bits per heavy atom. The second-order valence-corrected chi connectivity index (χ2v) is 6.39. The summed E-state index contributed by atoms with van der Waals surface area (Å²) in [7, 11) is 0. The SMILES string of the molecule is O=C(O)CCCNCc1cc2ccccc2nc1N1CCCCC1. The first-order valence-electron chi connectivity index (χ1n) is 8.80. The van der Waals surface area contributed by atoms with Gasteiger partial charge in [-0.05, 0) is 44.4 Å². The summed E-state index contributed by atoms with van der Waals surface area (Å²) in [4.78, 5) is 17.9. The number of aliphatic carboxylic acids is 1. The van der Waals surface area contributed by atoms with Crippen molar-refractivity contribution < 1.29 is 9.90 Å². The van der Waals surface area contributed by atoms with E-state index in [1.165, 1.54) is 24.8 Å². The van der Waals surface area contributed by atoms with Crippen LogP contribution in [0.3, 0.4) is 0 Å². The predicted octanol–water partition coefficient (Wildman–Crippen LogP) is 3.18. The van der Waals surface area contributed by atoms with Crippen LogP contribution in [0.2, 0.25) is 0 Å². The third-order valence-electron chi connectivity index (χ3n) is 4.50. The number of fused-ring (bicyclic) bond motifs is 1. The average molecular weight is 327 g/mol. The van der Waals surface area contributed by atoms with Gasteiger partial charge in [0.05, 0.1) is 5.52 Å². The summed E-state index contributed by atoms with van der Waals surface area (Å²) in [6.07, 6.45) is 4.60. The van der Waals surface area contributed by atoms with Crippen molar-refractivity contribution in [3.8, 4) is 0 Å². The minimum Gasteiger partial charge on any atom is -0.481 e. The number of nitrogens with one attached hydrogen (secondary N) is 1. The number of pyridine rings is 1. The Balaban J connectivity index is 1.76. The summed E-state index contributed by atoms with van der Waals surface area (Å²) in [5, 5.41) is 13.2. The molecule has 2 N–H and O–H groups in total. The number of hydrogen-bond acceptors (Lipinski definition) is 4. The largest absolute Gasteiger partial charge is 0.481 e. The minimum absolute atomic E-state index is 0.210. The molecule has 1 saturated heterocycles. The van der Waals surface area contributed by atoms with Crippen molar-refractivity contribution in [3.63, 3.8) is 0 Å². The van der Waals surface area contributed by atoms with E-state index < -0.39 is 5.97 Å². The molecule has 3 rings (SSSR count). The van der Waals surface area contributed by atoms with Gasteiger partial charge in [0.25, 0.3) is 0 Å². The molecule has 0 unspecified atom stereocenters. The van der Waals surface area contributed by atoms with Crippen LogP contribution in [0.5, 0.6) is 0 Å². The van der Waals surface area contributed by atoms with Crippen LogP contribution in [-0.2, 0) is 11.3 Å². The fourth-order valence-electron chi connectivity index (χ4n) is 3.25. The van der Waals surface area contributed by atoms with E-state index in [0.717, 1.165) is 36.4 Å². The van der Waals surface area contributed by atoms with E-state index in [-0.39, 0.29) is 6.42 Å². The Kier molecular flexibility index (Phi) is 5.64. The summed E-state index contributed by atoms with van der Waals surface area (Å²) >= 11 is 0. The molecule has 1 fully saturated rings. The van der Waals surface area contributed by atoms with Gasteiger partial charge in [0.2, 0.25) is 0 Å². The maximum Gasteiger partial charge on any atom is 0.303 e. The molecule has 0 bridgehead atoms. The van der Waals surface area contributed by atoms with Gasteiger partial charge >= 0.3 is 5.97 Å². The number of benzene rings is 1. The zero-order valence-corrected chi connectivity index (χ0v) is 14.0. The molecule has 5 heteroatoms. The van der Waals surface area contributed by atoms with E-state index in [1.807, 2.05) is 12.1 Å². The number of aromatic nitrogens is 1. The lowest BCUT2D eigenvalue weighted by Gasteiger charge is -2.30. The highest BCUT2D eigenvalue weighted by Crippen LogP contribution is 2.26. The summed E-state index contributed by atoms with van der Waals surface area (Å²) in [5.74, 6) is 0.345. The third-order valence-corrected chi connectivity index (χ3v) is 4.50. The van der Waals surface area contributed by atoms with Gasteiger partial charge in [-0.2, -0.15) is 0 Å². The summed E-state index contributed by atoms with van der Waals surface area (Å²) in [6, 6.07) is 10.4. The van der Waals surface area contributed by atoms with Crippen LogP contribution in [0, 0.1) is 0 Å². The predicted molar refractivity (Wildman–Crippen MR) is 96.4 cm³/mol. The molecule has 0 spiro atoms. The Hall–Kier alpha value is -2.14. The zero-order valence-electron chi connectivity index (χ0n) is 14.0. The van der Waals surface area contributed by atoms with E-state index in [2.05, 4.69) is 28.4 Å². The molecule has 5 nitrogen and oxygen atoms in total. The summed E-state index contributed by atoms with van der Waals surface area (Å²) < 4.78 is 0. The Bertz CT molecular complexity index is 696. The minimum atomic E-state index is -0.738. The fourth-order valence-corrected chi connectivity index (χ4v) is 3.25. The van der Waals surface area contributed by atoms with Crippen LogP contribution in [-0.4, -0.2) is 35.7 Å². The van der Waals surface area contributed by atoms with Crippen LogP contribution in [0.4, 0.5) is 5.82 Å². The number of carbonyl (C=O) groups is 1. The van der Waals surface area contributed by atoms with E-state index >= 15 is 0 Å². The quantitative estimate of drug-likeness (QED) is 0.765. The molecule has 2 aromatic rings. The first kappa shape index (κ1) is 16.7. The van der Waals surface area contributed by atoms with Gasteiger partial charge in [-0.1, -0.05) is 18.2 Å².